The van der Waals surface area contributed by atoms with Crippen LogP contribution in [0.15, 0.2) is 59.5 Å². The summed E-state index contributed by atoms with van der Waals surface area (Å²) in [4.78, 5) is 40.9. The SMILES string of the molecule is NS(=O)(=O)c1ccc(N2C(=O)CC(N(C(=O)COc3ccccc3)C3CC3)C2=O)cc1. The first-order valence-electron chi connectivity index (χ1n) is 9.74. The quantitative estimate of drug-likeness (QED) is 0.637. The lowest BCUT2D eigenvalue weighted by Crippen LogP contribution is -2.48. The molecule has 1 aliphatic carbocycles. The van der Waals surface area contributed by atoms with Crippen molar-refractivity contribution in [2.45, 2.75) is 36.2 Å². The molecule has 0 bridgehead atoms. The summed E-state index contributed by atoms with van der Waals surface area (Å²) in [6, 6.07) is 13.0. The molecule has 4 rings (SSSR count). The van der Waals surface area contributed by atoms with Gasteiger partial charge in [0.15, 0.2) is 6.61 Å². The molecule has 9 nitrogen and oxygen atoms in total. The van der Waals surface area contributed by atoms with Gasteiger partial charge in [-0.15, -0.1) is 0 Å². The van der Waals surface area contributed by atoms with E-state index in [-0.39, 0.29) is 35.6 Å². The third kappa shape index (κ3) is 4.44. The molecule has 0 aromatic heterocycles. The molecule has 1 aliphatic heterocycles. The molecule has 1 atom stereocenters. The lowest BCUT2D eigenvalue weighted by molar-refractivity contribution is -0.140. The number of imide groups is 1. The Hall–Kier alpha value is -3.24. The zero-order valence-electron chi connectivity index (χ0n) is 16.5. The normalized spacial score (nSPS) is 18.9. The van der Waals surface area contributed by atoms with Crippen molar-refractivity contribution in [3.05, 3.63) is 54.6 Å². The number of anilines is 1. The molecule has 1 unspecified atom stereocenters. The van der Waals surface area contributed by atoms with E-state index >= 15 is 0 Å². The van der Waals surface area contributed by atoms with Crippen LogP contribution in [0.3, 0.4) is 0 Å². The van der Waals surface area contributed by atoms with E-state index in [4.69, 9.17) is 9.88 Å². The standard InChI is InChI=1S/C21H21N3O6S/c22-31(28,29)17-10-8-15(9-11-17)24-19(25)12-18(21(24)27)23(14-6-7-14)20(26)13-30-16-4-2-1-3-5-16/h1-5,8-11,14,18H,6-7,12-13H2,(H2,22,28,29). The molecule has 2 aromatic carbocycles. The summed E-state index contributed by atoms with van der Waals surface area (Å²) in [5.74, 6) is -0.796. The zero-order chi connectivity index (χ0) is 22.2. The lowest BCUT2D eigenvalue weighted by atomic mass is 10.2. The van der Waals surface area contributed by atoms with Crippen LogP contribution in [-0.2, 0) is 24.4 Å². The topological polar surface area (TPSA) is 127 Å². The van der Waals surface area contributed by atoms with Crippen molar-refractivity contribution in [2.24, 2.45) is 5.14 Å². The summed E-state index contributed by atoms with van der Waals surface area (Å²) in [6.45, 7) is -0.235. The van der Waals surface area contributed by atoms with Crippen molar-refractivity contribution in [1.29, 1.82) is 0 Å². The van der Waals surface area contributed by atoms with Gasteiger partial charge in [0.05, 0.1) is 17.0 Å². The van der Waals surface area contributed by atoms with Gasteiger partial charge in [-0.25, -0.2) is 18.5 Å². The number of hydrogen-bond acceptors (Lipinski definition) is 6. The van der Waals surface area contributed by atoms with Gasteiger partial charge in [0.1, 0.15) is 11.8 Å². The van der Waals surface area contributed by atoms with Crippen molar-refractivity contribution in [3.8, 4) is 5.75 Å². The first kappa shape index (κ1) is 21.0. The van der Waals surface area contributed by atoms with Gasteiger partial charge < -0.3 is 9.64 Å². The van der Waals surface area contributed by atoms with Crippen LogP contribution in [0, 0.1) is 0 Å². The number of nitrogens with zero attached hydrogens (tertiary/aromatic N) is 2. The van der Waals surface area contributed by atoms with Crippen LogP contribution in [-0.4, -0.2) is 49.7 Å². The number of rotatable bonds is 7. The smallest absolute Gasteiger partial charge is 0.261 e. The molecule has 10 heteroatoms. The minimum Gasteiger partial charge on any atom is -0.484 e. The van der Waals surface area contributed by atoms with Gasteiger partial charge in [-0.3, -0.25) is 14.4 Å². The number of ether oxygens (including phenoxy) is 1. The molecule has 31 heavy (non-hydrogen) atoms. The van der Waals surface area contributed by atoms with E-state index in [0.29, 0.717) is 5.75 Å². The molecule has 0 spiro atoms. The molecular weight excluding hydrogens is 422 g/mol. The molecule has 2 aliphatic rings. The van der Waals surface area contributed by atoms with E-state index in [1.165, 1.54) is 29.2 Å². The van der Waals surface area contributed by atoms with Crippen LogP contribution in [0.2, 0.25) is 0 Å². The molecule has 162 valence electrons. The van der Waals surface area contributed by atoms with Crippen molar-refractivity contribution >= 4 is 33.4 Å². The maximum Gasteiger partial charge on any atom is 0.261 e. The first-order chi connectivity index (χ1) is 14.8. The van der Waals surface area contributed by atoms with Crippen LogP contribution < -0.4 is 14.8 Å². The highest BCUT2D eigenvalue weighted by atomic mass is 32.2. The molecule has 1 heterocycles. The molecule has 3 amide bonds. The van der Waals surface area contributed by atoms with Crippen LogP contribution >= 0.6 is 0 Å². The first-order valence-corrected chi connectivity index (χ1v) is 11.3. The minimum atomic E-state index is -3.89. The van der Waals surface area contributed by atoms with Gasteiger partial charge in [0, 0.05) is 6.04 Å². The van der Waals surface area contributed by atoms with Gasteiger partial charge in [-0.2, -0.15) is 0 Å². The second kappa shape index (κ2) is 8.12. The van der Waals surface area contributed by atoms with Crippen LogP contribution in [0.4, 0.5) is 5.69 Å². The second-order valence-electron chi connectivity index (χ2n) is 7.46. The number of hydrogen-bond donors (Lipinski definition) is 1. The summed E-state index contributed by atoms with van der Waals surface area (Å²) >= 11 is 0. The number of carbonyl (C=O) groups excluding carboxylic acids is 3. The molecule has 2 aromatic rings. The number of nitrogens with two attached hydrogens (primary N) is 1. The van der Waals surface area contributed by atoms with Crippen molar-refractivity contribution in [2.75, 3.05) is 11.5 Å². The summed E-state index contributed by atoms with van der Waals surface area (Å²) in [7, 11) is -3.89. The van der Waals surface area contributed by atoms with Gasteiger partial charge in [-0.05, 0) is 49.2 Å². The van der Waals surface area contributed by atoms with E-state index in [9.17, 15) is 22.8 Å². The van der Waals surface area contributed by atoms with Gasteiger partial charge in [0.25, 0.3) is 11.8 Å². The van der Waals surface area contributed by atoms with Crippen LogP contribution in [0.1, 0.15) is 19.3 Å². The fourth-order valence-corrected chi connectivity index (χ4v) is 4.13. The Labute approximate surface area is 179 Å². The van der Waals surface area contributed by atoms with E-state index in [2.05, 4.69) is 0 Å². The van der Waals surface area contributed by atoms with Gasteiger partial charge in [0.2, 0.25) is 15.9 Å². The number of primary sulfonamides is 1. The van der Waals surface area contributed by atoms with E-state index in [1.54, 1.807) is 24.3 Å². The van der Waals surface area contributed by atoms with E-state index < -0.39 is 27.9 Å². The third-order valence-corrected chi connectivity index (χ3v) is 6.15. The Morgan fingerprint density at radius 3 is 2.29 bits per heavy atom. The Morgan fingerprint density at radius 1 is 1.06 bits per heavy atom. The monoisotopic (exact) mass is 443 g/mol. The maximum atomic E-state index is 13.1. The van der Waals surface area contributed by atoms with Gasteiger partial charge >= 0.3 is 0 Å². The fourth-order valence-electron chi connectivity index (χ4n) is 3.61. The molecule has 1 saturated heterocycles. The summed E-state index contributed by atoms with van der Waals surface area (Å²) in [5, 5.41) is 5.09. The number of carbonyl (C=O) groups is 3. The Balaban J connectivity index is 1.51. The summed E-state index contributed by atoms with van der Waals surface area (Å²) < 4.78 is 28.4. The summed E-state index contributed by atoms with van der Waals surface area (Å²) in [6.07, 6.45) is 1.39. The van der Waals surface area contributed by atoms with Gasteiger partial charge in [-0.1, -0.05) is 18.2 Å². The average Bonchev–Trinajstić information content (AvgIpc) is 3.52. The van der Waals surface area contributed by atoms with Crippen molar-refractivity contribution in [1.82, 2.24) is 4.90 Å². The Morgan fingerprint density at radius 2 is 1.71 bits per heavy atom. The molecule has 1 saturated carbocycles. The second-order valence-corrected chi connectivity index (χ2v) is 9.02. The Bertz CT molecular complexity index is 1110. The van der Waals surface area contributed by atoms with Crippen molar-refractivity contribution in [3.63, 3.8) is 0 Å². The van der Waals surface area contributed by atoms with Crippen LogP contribution in [0.5, 0.6) is 5.75 Å². The number of amides is 3. The predicted molar refractivity (Wildman–Crippen MR) is 111 cm³/mol. The minimum absolute atomic E-state index is 0.0988. The highest BCUT2D eigenvalue weighted by Gasteiger charge is 2.48. The lowest BCUT2D eigenvalue weighted by Gasteiger charge is -2.27. The van der Waals surface area contributed by atoms with E-state index in [1.807, 2.05) is 6.07 Å². The highest BCUT2D eigenvalue weighted by molar-refractivity contribution is 7.89. The maximum absolute atomic E-state index is 13.1. The van der Waals surface area contributed by atoms with Crippen LogP contribution in [0.25, 0.3) is 0 Å². The highest BCUT2D eigenvalue weighted by Crippen LogP contribution is 2.34. The fraction of sp³-hybridized carbons (Fsp3) is 0.286. The molecule has 2 fully saturated rings. The number of para-hydroxylation sites is 1. The predicted octanol–water partition coefficient (Wildman–Crippen LogP) is 1.04. The third-order valence-electron chi connectivity index (χ3n) is 5.22. The Kier molecular flexibility index (Phi) is 5.50. The zero-order valence-corrected chi connectivity index (χ0v) is 17.3. The molecular formula is C21H21N3O6S. The van der Waals surface area contributed by atoms with E-state index in [0.717, 1.165) is 17.7 Å². The largest absolute Gasteiger partial charge is 0.484 e. The summed E-state index contributed by atoms with van der Waals surface area (Å²) in [5.41, 5.74) is 0.230. The van der Waals surface area contributed by atoms with Crippen molar-refractivity contribution < 1.29 is 27.5 Å². The molecule has 0 radical (unpaired) electrons. The number of sulfonamides is 1. The molecule has 2 N–H and O–H groups in total. The number of benzene rings is 2. The average molecular weight is 443 g/mol.